The number of allylic oxidation sites excluding steroid dienone is 1. The van der Waals surface area contributed by atoms with E-state index in [0.29, 0.717) is 12.2 Å². The summed E-state index contributed by atoms with van der Waals surface area (Å²) in [5, 5.41) is 19.0. The van der Waals surface area contributed by atoms with Crippen molar-refractivity contribution in [2.45, 2.75) is 73.0 Å². The lowest BCUT2D eigenvalue weighted by Crippen LogP contribution is -2.25. The van der Waals surface area contributed by atoms with E-state index in [0.717, 1.165) is 44.4 Å². The number of carbonyl (C=O) groups excluding carboxylic acids is 1. The van der Waals surface area contributed by atoms with E-state index in [9.17, 15) is 4.79 Å². The molecule has 0 fully saturated rings. The van der Waals surface area contributed by atoms with Gasteiger partial charge in [0.15, 0.2) is 5.82 Å². The van der Waals surface area contributed by atoms with Gasteiger partial charge in [-0.05, 0) is 71.6 Å². The van der Waals surface area contributed by atoms with Gasteiger partial charge in [-0.1, -0.05) is 30.3 Å². The molecule has 1 aliphatic rings. The maximum Gasteiger partial charge on any atom is 0.308 e. The van der Waals surface area contributed by atoms with Crippen LogP contribution in [0.3, 0.4) is 0 Å². The second kappa shape index (κ2) is 10.1. The number of benzene rings is 1. The van der Waals surface area contributed by atoms with E-state index in [1.807, 2.05) is 45.3 Å². The third kappa shape index (κ3) is 5.20. The van der Waals surface area contributed by atoms with Crippen molar-refractivity contribution in [3.63, 3.8) is 0 Å². The molecule has 0 radical (unpaired) electrons. The molecule has 0 aliphatic carbocycles. The fourth-order valence-corrected chi connectivity index (χ4v) is 5.57. The molecule has 4 rings (SSSR count). The second-order valence-electron chi connectivity index (χ2n) is 10.2. The van der Waals surface area contributed by atoms with E-state index < -0.39 is 11.6 Å². The summed E-state index contributed by atoms with van der Waals surface area (Å²) >= 11 is 1.69. The highest BCUT2D eigenvalue weighted by Crippen LogP contribution is 2.39. The third-order valence-corrected chi connectivity index (χ3v) is 7.41. The number of fused-ring (bicyclic) bond motifs is 3. The molecule has 1 aliphatic heterocycles. The molecule has 0 amide bonds. The zero-order valence-electron chi connectivity index (χ0n) is 22.0. The maximum atomic E-state index is 12.9. The first-order chi connectivity index (χ1) is 17.0. The van der Waals surface area contributed by atoms with E-state index in [-0.39, 0.29) is 19.0 Å². The molecule has 0 bridgehead atoms. The van der Waals surface area contributed by atoms with Crippen molar-refractivity contribution in [2.24, 2.45) is 4.99 Å². The molecule has 0 saturated heterocycles. The van der Waals surface area contributed by atoms with E-state index in [2.05, 4.69) is 48.3 Å². The summed E-state index contributed by atoms with van der Waals surface area (Å²) in [6.45, 7) is 13.9. The van der Waals surface area contributed by atoms with Gasteiger partial charge in [0.1, 0.15) is 22.5 Å². The number of hydrogen-bond donors (Lipinski definition) is 1. The number of nitrogens with zero attached hydrogens (tertiary/aromatic N) is 4. The summed E-state index contributed by atoms with van der Waals surface area (Å²) in [5.74, 6) is 1.09. The zero-order chi connectivity index (χ0) is 26.2. The number of aryl methyl sites for hydroxylation is 2. The number of esters is 1. The molecule has 0 spiro atoms. The Balaban J connectivity index is 1.85. The summed E-state index contributed by atoms with van der Waals surface area (Å²) in [6.07, 6.45) is 2.74. The lowest BCUT2D eigenvalue weighted by Gasteiger charge is -2.21. The van der Waals surface area contributed by atoms with Crippen LogP contribution in [0.2, 0.25) is 0 Å². The quantitative estimate of drug-likeness (QED) is 0.436. The number of aliphatic hydroxyl groups is 1. The Kier molecular flexibility index (Phi) is 7.29. The van der Waals surface area contributed by atoms with E-state index in [1.54, 1.807) is 11.3 Å². The molecule has 3 heterocycles. The molecule has 7 nitrogen and oxygen atoms in total. The van der Waals surface area contributed by atoms with Crippen LogP contribution in [0.15, 0.2) is 35.3 Å². The van der Waals surface area contributed by atoms with Crippen LogP contribution in [-0.4, -0.2) is 43.8 Å². The first kappa shape index (κ1) is 26.0. The standard InChI is InChI=1S/C28H34N4O3S/c1-16(9-8-14-33)20-10-12-21(13-11-20)25-24-17(2)18(3)36-27(24)32-19(4)30-31-26(32)22(29-25)15-23(34)35-28(5,6)7/h9-13,22,33H,8,14-15H2,1-7H3/b16-9+/t22-/m0/s1. The molecule has 190 valence electrons. The van der Waals surface area contributed by atoms with Gasteiger partial charge >= 0.3 is 5.97 Å². The fourth-order valence-electron chi connectivity index (χ4n) is 4.36. The van der Waals surface area contributed by atoms with Crippen LogP contribution < -0.4 is 0 Å². The normalized spacial score (nSPS) is 15.7. The Morgan fingerprint density at radius 3 is 2.50 bits per heavy atom. The van der Waals surface area contributed by atoms with Crippen LogP contribution >= 0.6 is 11.3 Å². The van der Waals surface area contributed by atoms with Gasteiger partial charge in [-0.2, -0.15) is 0 Å². The van der Waals surface area contributed by atoms with Crippen LogP contribution in [0.1, 0.15) is 85.4 Å². The predicted molar refractivity (Wildman–Crippen MR) is 144 cm³/mol. The topological polar surface area (TPSA) is 89.6 Å². The lowest BCUT2D eigenvalue weighted by molar-refractivity contribution is -0.155. The van der Waals surface area contributed by atoms with Crippen molar-refractivity contribution >= 4 is 28.6 Å². The highest BCUT2D eigenvalue weighted by Gasteiger charge is 2.33. The van der Waals surface area contributed by atoms with Gasteiger partial charge in [0.25, 0.3) is 0 Å². The molecule has 1 N–H and O–H groups in total. The summed E-state index contributed by atoms with van der Waals surface area (Å²) in [5.41, 5.74) is 5.66. The van der Waals surface area contributed by atoms with Gasteiger partial charge in [-0.3, -0.25) is 14.4 Å². The Bertz CT molecular complexity index is 1340. The largest absolute Gasteiger partial charge is 0.460 e. The number of aliphatic imine (C=N–C) groups is 1. The van der Waals surface area contributed by atoms with Crippen LogP contribution in [-0.2, 0) is 9.53 Å². The number of ether oxygens (including phenoxy) is 1. The Hall–Kier alpha value is -3.10. The average Bonchev–Trinajstić information content (AvgIpc) is 3.28. The smallest absolute Gasteiger partial charge is 0.308 e. The molecule has 8 heteroatoms. The lowest BCUT2D eigenvalue weighted by atomic mass is 9.97. The summed E-state index contributed by atoms with van der Waals surface area (Å²) < 4.78 is 7.68. The predicted octanol–water partition coefficient (Wildman–Crippen LogP) is 5.66. The number of aromatic nitrogens is 3. The highest BCUT2D eigenvalue weighted by molar-refractivity contribution is 7.15. The second-order valence-corrected chi connectivity index (χ2v) is 11.4. The van der Waals surface area contributed by atoms with Crippen molar-refractivity contribution < 1.29 is 14.6 Å². The molecule has 3 aromatic rings. The Labute approximate surface area is 216 Å². The summed E-state index contributed by atoms with van der Waals surface area (Å²) in [6, 6.07) is 7.78. The van der Waals surface area contributed by atoms with Gasteiger partial charge in [-0.15, -0.1) is 21.5 Å². The molecule has 2 aromatic heterocycles. The van der Waals surface area contributed by atoms with Crippen LogP contribution in [0.25, 0.3) is 10.6 Å². The van der Waals surface area contributed by atoms with Gasteiger partial charge < -0.3 is 9.84 Å². The van der Waals surface area contributed by atoms with Crippen molar-refractivity contribution in [3.05, 3.63) is 69.1 Å². The van der Waals surface area contributed by atoms with E-state index >= 15 is 0 Å². The minimum atomic E-state index is -0.582. The van der Waals surface area contributed by atoms with Crippen LogP contribution in [0.4, 0.5) is 0 Å². The first-order valence-corrected chi connectivity index (χ1v) is 13.0. The first-order valence-electron chi connectivity index (χ1n) is 12.2. The van der Waals surface area contributed by atoms with Crippen molar-refractivity contribution in [2.75, 3.05) is 6.61 Å². The van der Waals surface area contributed by atoms with Crippen molar-refractivity contribution in [3.8, 4) is 5.00 Å². The van der Waals surface area contributed by atoms with Gasteiger partial charge in [0, 0.05) is 22.6 Å². The summed E-state index contributed by atoms with van der Waals surface area (Å²) in [7, 11) is 0. The zero-order valence-corrected chi connectivity index (χ0v) is 22.9. The molecule has 0 unspecified atom stereocenters. The Morgan fingerprint density at radius 2 is 1.86 bits per heavy atom. The third-order valence-electron chi connectivity index (χ3n) is 6.21. The molecular formula is C28H34N4O3S. The maximum absolute atomic E-state index is 12.9. The van der Waals surface area contributed by atoms with Crippen molar-refractivity contribution in [1.82, 2.24) is 14.8 Å². The molecule has 0 saturated carbocycles. The average molecular weight is 507 g/mol. The van der Waals surface area contributed by atoms with E-state index in [4.69, 9.17) is 14.8 Å². The minimum Gasteiger partial charge on any atom is -0.460 e. The highest BCUT2D eigenvalue weighted by atomic mass is 32.1. The number of hydrogen-bond acceptors (Lipinski definition) is 7. The fraction of sp³-hybridized carbons (Fsp3) is 0.429. The number of carbonyl (C=O) groups is 1. The number of aliphatic hydroxyl groups excluding tert-OH is 1. The summed E-state index contributed by atoms with van der Waals surface area (Å²) in [4.78, 5) is 19.2. The molecular weight excluding hydrogens is 472 g/mol. The van der Waals surface area contributed by atoms with Crippen LogP contribution in [0, 0.1) is 20.8 Å². The number of thiophene rings is 1. The van der Waals surface area contributed by atoms with Crippen LogP contribution in [0.5, 0.6) is 0 Å². The van der Waals surface area contributed by atoms with Gasteiger partial charge in [0.05, 0.1) is 12.1 Å². The monoisotopic (exact) mass is 506 g/mol. The van der Waals surface area contributed by atoms with Crippen molar-refractivity contribution in [1.29, 1.82) is 0 Å². The Morgan fingerprint density at radius 1 is 1.17 bits per heavy atom. The molecule has 36 heavy (non-hydrogen) atoms. The van der Waals surface area contributed by atoms with Gasteiger partial charge in [0.2, 0.25) is 0 Å². The SMILES string of the molecule is C/C(=C\CCO)c1ccc(C2=N[C@@H](CC(=O)OC(C)(C)C)c3nnc(C)n3-c3sc(C)c(C)c32)cc1. The molecule has 1 atom stereocenters. The minimum absolute atomic E-state index is 0.0764. The van der Waals surface area contributed by atoms with Gasteiger partial charge in [-0.25, -0.2) is 0 Å². The molecule has 1 aromatic carbocycles. The number of rotatable bonds is 6. The van der Waals surface area contributed by atoms with E-state index in [1.165, 1.54) is 4.88 Å².